The average molecular weight is 254 g/mol. The van der Waals surface area contributed by atoms with Crippen LogP contribution in [0.25, 0.3) is 0 Å². The zero-order chi connectivity index (χ0) is 13.8. The molecular formula is C16H18N2O. The first-order chi connectivity index (χ1) is 9.08. The lowest BCUT2D eigenvalue weighted by atomic mass is 10.1. The lowest BCUT2D eigenvalue weighted by Crippen LogP contribution is -2.27. The van der Waals surface area contributed by atoms with Crippen molar-refractivity contribution in [2.24, 2.45) is 5.73 Å². The van der Waals surface area contributed by atoms with E-state index in [9.17, 15) is 4.79 Å². The molecule has 0 fully saturated rings. The fraction of sp³-hybridized carbons (Fsp3) is 0.188. The van der Waals surface area contributed by atoms with Gasteiger partial charge >= 0.3 is 0 Å². The van der Waals surface area contributed by atoms with Gasteiger partial charge < -0.3 is 11.1 Å². The summed E-state index contributed by atoms with van der Waals surface area (Å²) in [6.07, 6.45) is 0. The molecule has 0 aliphatic heterocycles. The van der Waals surface area contributed by atoms with Gasteiger partial charge in [0.2, 0.25) is 5.91 Å². The molecule has 0 aliphatic rings. The molecule has 0 saturated carbocycles. The lowest BCUT2D eigenvalue weighted by Gasteiger charge is -2.14. The second-order valence-corrected chi connectivity index (χ2v) is 4.70. The van der Waals surface area contributed by atoms with Crippen molar-refractivity contribution in [1.29, 1.82) is 0 Å². The minimum atomic E-state index is -0.652. The molecule has 0 spiro atoms. The summed E-state index contributed by atoms with van der Waals surface area (Å²) in [5.74, 6) is -0.195. The molecular weight excluding hydrogens is 236 g/mol. The van der Waals surface area contributed by atoms with Crippen molar-refractivity contribution < 1.29 is 4.79 Å². The van der Waals surface area contributed by atoms with Crippen molar-refractivity contribution in [2.45, 2.75) is 19.9 Å². The van der Waals surface area contributed by atoms with Crippen LogP contribution in [0.15, 0.2) is 48.5 Å². The van der Waals surface area contributed by atoms with Crippen molar-refractivity contribution in [3.8, 4) is 0 Å². The number of carbonyl (C=O) groups excluding carboxylic acids is 1. The Morgan fingerprint density at radius 3 is 2.47 bits per heavy atom. The number of carbonyl (C=O) groups is 1. The molecule has 1 amide bonds. The van der Waals surface area contributed by atoms with Gasteiger partial charge in [0.25, 0.3) is 0 Å². The summed E-state index contributed by atoms with van der Waals surface area (Å²) >= 11 is 0. The lowest BCUT2D eigenvalue weighted by molar-refractivity contribution is -0.117. The van der Waals surface area contributed by atoms with Crippen LogP contribution in [0.2, 0.25) is 0 Å². The molecule has 0 bridgehead atoms. The summed E-state index contributed by atoms with van der Waals surface area (Å²) in [4.78, 5) is 12.1. The topological polar surface area (TPSA) is 55.1 Å². The van der Waals surface area contributed by atoms with Gasteiger partial charge in [-0.1, -0.05) is 42.5 Å². The number of nitrogens with one attached hydrogen (secondary N) is 1. The van der Waals surface area contributed by atoms with Crippen molar-refractivity contribution in [2.75, 3.05) is 5.32 Å². The number of hydrogen-bond donors (Lipinski definition) is 2. The molecule has 0 radical (unpaired) electrons. The van der Waals surface area contributed by atoms with Crippen LogP contribution in [-0.2, 0) is 4.79 Å². The van der Waals surface area contributed by atoms with Gasteiger partial charge in [0.15, 0.2) is 0 Å². The second kappa shape index (κ2) is 5.67. The molecule has 98 valence electrons. The van der Waals surface area contributed by atoms with E-state index >= 15 is 0 Å². The highest BCUT2D eigenvalue weighted by molar-refractivity contribution is 5.96. The Hall–Kier alpha value is -2.13. The Labute approximate surface area is 113 Å². The Balaban J connectivity index is 2.15. The van der Waals surface area contributed by atoms with Crippen LogP contribution in [0.1, 0.15) is 22.7 Å². The van der Waals surface area contributed by atoms with E-state index in [0.717, 1.165) is 22.4 Å². The molecule has 19 heavy (non-hydrogen) atoms. The van der Waals surface area contributed by atoms with E-state index in [1.807, 2.05) is 62.4 Å². The maximum atomic E-state index is 12.1. The van der Waals surface area contributed by atoms with Crippen molar-refractivity contribution >= 4 is 11.6 Å². The quantitative estimate of drug-likeness (QED) is 0.884. The Morgan fingerprint density at radius 1 is 1.11 bits per heavy atom. The molecule has 2 rings (SSSR count). The molecule has 0 saturated heterocycles. The summed E-state index contributed by atoms with van der Waals surface area (Å²) in [7, 11) is 0. The first-order valence-electron chi connectivity index (χ1n) is 6.26. The van der Waals surface area contributed by atoms with Crippen LogP contribution < -0.4 is 11.1 Å². The Morgan fingerprint density at radius 2 is 1.79 bits per heavy atom. The van der Waals surface area contributed by atoms with Crippen LogP contribution in [-0.4, -0.2) is 5.91 Å². The number of nitrogens with two attached hydrogens (primary N) is 1. The van der Waals surface area contributed by atoms with Crippen LogP contribution in [0.5, 0.6) is 0 Å². The Bertz CT molecular complexity index is 579. The summed E-state index contributed by atoms with van der Waals surface area (Å²) in [6, 6.07) is 14.7. The number of anilines is 1. The average Bonchev–Trinajstić information content (AvgIpc) is 2.43. The molecule has 0 unspecified atom stereocenters. The normalized spacial score (nSPS) is 11.9. The van der Waals surface area contributed by atoms with Crippen molar-refractivity contribution in [3.05, 3.63) is 65.2 Å². The van der Waals surface area contributed by atoms with Gasteiger partial charge in [-0.05, 0) is 36.6 Å². The van der Waals surface area contributed by atoms with Crippen LogP contribution >= 0.6 is 0 Å². The fourth-order valence-corrected chi connectivity index (χ4v) is 1.89. The highest BCUT2D eigenvalue weighted by atomic mass is 16.2. The highest BCUT2D eigenvalue weighted by Gasteiger charge is 2.16. The van der Waals surface area contributed by atoms with Gasteiger partial charge in [0, 0.05) is 5.69 Å². The van der Waals surface area contributed by atoms with E-state index in [-0.39, 0.29) is 5.91 Å². The second-order valence-electron chi connectivity index (χ2n) is 4.70. The zero-order valence-electron chi connectivity index (χ0n) is 11.2. The van der Waals surface area contributed by atoms with E-state index in [1.54, 1.807) is 0 Å². The van der Waals surface area contributed by atoms with E-state index in [2.05, 4.69) is 5.32 Å². The monoisotopic (exact) mass is 254 g/mol. The molecule has 0 aromatic heterocycles. The molecule has 0 heterocycles. The molecule has 3 heteroatoms. The van der Waals surface area contributed by atoms with Crippen molar-refractivity contribution in [3.63, 3.8) is 0 Å². The van der Waals surface area contributed by atoms with Crippen LogP contribution in [0, 0.1) is 13.8 Å². The summed E-state index contributed by atoms with van der Waals surface area (Å²) in [5, 5.41) is 2.89. The largest absolute Gasteiger partial charge is 0.324 e. The molecule has 3 N–H and O–H groups in total. The number of rotatable bonds is 3. The highest BCUT2D eigenvalue weighted by Crippen LogP contribution is 2.18. The number of benzene rings is 2. The first-order valence-corrected chi connectivity index (χ1v) is 6.26. The van der Waals surface area contributed by atoms with E-state index in [4.69, 9.17) is 5.73 Å². The van der Waals surface area contributed by atoms with Gasteiger partial charge in [-0.2, -0.15) is 0 Å². The predicted octanol–water partition coefficient (Wildman–Crippen LogP) is 2.94. The van der Waals surface area contributed by atoms with Gasteiger partial charge in [-0.15, -0.1) is 0 Å². The number of amides is 1. The number of aryl methyl sites for hydroxylation is 2. The predicted molar refractivity (Wildman–Crippen MR) is 77.9 cm³/mol. The maximum Gasteiger partial charge on any atom is 0.245 e. The minimum Gasteiger partial charge on any atom is -0.324 e. The summed E-state index contributed by atoms with van der Waals surface area (Å²) < 4.78 is 0. The third-order valence-electron chi connectivity index (χ3n) is 3.09. The van der Waals surface area contributed by atoms with E-state index in [0.29, 0.717) is 0 Å². The molecule has 2 aromatic rings. The molecule has 1 atom stereocenters. The third-order valence-corrected chi connectivity index (χ3v) is 3.09. The van der Waals surface area contributed by atoms with Crippen LogP contribution in [0.4, 0.5) is 5.69 Å². The molecule has 0 aliphatic carbocycles. The minimum absolute atomic E-state index is 0.195. The summed E-state index contributed by atoms with van der Waals surface area (Å²) in [6.45, 7) is 3.95. The van der Waals surface area contributed by atoms with E-state index in [1.165, 1.54) is 0 Å². The van der Waals surface area contributed by atoms with Gasteiger partial charge in [-0.25, -0.2) is 0 Å². The Kier molecular flexibility index (Phi) is 3.97. The standard InChI is InChI=1S/C16H18N2O/c1-11-8-9-12(2)14(10-11)18-16(19)15(17)13-6-4-3-5-7-13/h3-10,15H,17H2,1-2H3,(H,18,19)/t15-/m1/s1. The van der Waals surface area contributed by atoms with Crippen molar-refractivity contribution in [1.82, 2.24) is 0 Å². The fourth-order valence-electron chi connectivity index (χ4n) is 1.89. The van der Waals surface area contributed by atoms with Gasteiger partial charge in [0.1, 0.15) is 6.04 Å². The summed E-state index contributed by atoms with van der Waals surface area (Å²) in [5.41, 5.74) is 9.72. The SMILES string of the molecule is Cc1ccc(C)c(NC(=O)[C@H](N)c2ccccc2)c1. The van der Waals surface area contributed by atoms with Crippen LogP contribution in [0.3, 0.4) is 0 Å². The molecule has 2 aromatic carbocycles. The smallest absolute Gasteiger partial charge is 0.245 e. The molecule has 3 nitrogen and oxygen atoms in total. The zero-order valence-corrected chi connectivity index (χ0v) is 11.2. The van der Waals surface area contributed by atoms with Gasteiger partial charge in [-0.3, -0.25) is 4.79 Å². The maximum absolute atomic E-state index is 12.1. The number of hydrogen-bond acceptors (Lipinski definition) is 2. The first kappa shape index (κ1) is 13.3. The third kappa shape index (κ3) is 3.20. The van der Waals surface area contributed by atoms with Gasteiger partial charge in [0.05, 0.1) is 0 Å². The van der Waals surface area contributed by atoms with E-state index < -0.39 is 6.04 Å².